The van der Waals surface area contributed by atoms with Crippen molar-refractivity contribution < 1.29 is 0 Å². The van der Waals surface area contributed by atoms with Gasteiger partial charge in [0.25, 0.3) is 0 Å². The summed E-state index contributed by atoms with van der Waals surface area (Å²) >= 11 is 6.37. The van der Waals surface area contributed by atoms with E-state index in [2.05, 4.69) is 27.9 Å². The van der Waals surface area contributed by atoms with Crippen molar-refractivity contribution in [3.63, 3.8) is 0 Å². The number of hydrogen-bond acceptors (Lipinski definition) is 4. The summed E-state index contributed by atoms with van der Waals surface area (Å²) in [6.45, 7) is 13.4. The number of piperazine rings is 1. The topological polar surface area (TPSA) is 48.1 Å². The summed E-state index contributed by atoms with van der Waals surface area (Å²) in [5, 5.41) is 14.5. The standard InChI is InChI=1S/C15H24ClN5/c1-5-21-13(14(16)12(2)18-21)10-19-6-8-20(9-7-19)15(3,4)11-17/h5-10H2,1-4H3. The van der Waals surface area contributed by atoms with Crippen LogP contribution in [-0.2, 0) is 13.1 Å². The van der Waals surface area contributed by atoms with E-state index < -0.39 is 0 Å². The largest absolute Gasteiger partial charge is 0.295 e. The average Bonchev–Trinajstić information content (AvgIpc) is 2.75. The van der Waals surface area contributed by atoms with Gasteiger partial charge >= 0.3 is 0 Å². The van der Waals surface area contributed by atoms with Gasteiger partial charge in [-0.05, 0) is 27.7 Å². The van der Waals surface area contributed by atoms with Crippen LogP contribution in [0.25, 0.3) is 0 Å². The van der Waals surface area contributed by atoms with Crippen LogP contribution in [0.1, 0.15) is 32.2 Å². The van der Waals surface area contributed by atoms with E-state index >= 15 is 0 Å². The molecule has 5 nitrogen and oxygen atoms in total. The van der Waals surface area contributed by atoms with Gasteiger partial charge < -0.3 is 0 Å². The van der Waals surface area contributed by atoms with Gasteiger partial charge in [0.05, 0.1) is 22.5 Å². The fourth-order valence-electron chi connectivity index (χ4n) is 2.77. The van der Waals surface area contributed by atoms with Crippen LogP contribution in [0.4, 0.5) is 0 Å². The third-order valence-electron chi connectivity index (χ3n) is 4.26. The van der Waals surface area contributed by atoms with Crippen LogP contribution >= 0.6 is 11.6 Å². The summed E-state index contributed by atoms with van der Waals surface area (Å²) in [7, 11) is 0. The maximum Gasteiger partial charge on any atom is 0.103 e. The smallest absolute Gasteiger partial charge is 0.103 e. The van der Waals surface area contributed by atoms with Gasteiger partial charge in [0.2, 0.25) is 0 Å². The molecule has 0 amide bonds. The molecule has 0 N–H and O–H groups in total. The number of nitriles is 1. The van der Waals surface area contributed by atoms with Crippen molar-refractivity contribution in [2.45, 2.75) is 46.3 Å². The molecule has 2 heterocycles. The first kappa shape index (κ1) is 16.3. The van der Waals surface area contributed by atoms with Gasteiger partial charge in [-0.1, -0.05) is 11.6 Å². The van der Waals surface area contributed by atoms with Gasteiger partial charge in [-0.2, -0.15) is 10.4 Å². The molecule has 6 heteroatoms. The van der Waals surface area contributed by atoms with Crippen molar-refractivity contribution >= 4 is 11.6 Å². The molecule has 2 rings (SSSR count). The van der Waals surface area contributed by atoms with Crippen LogP contribution in [-0.4, -0.2) is 51.3 Å². The lowest BCUT2D eigenvalue weighted by molar-refractivity contribution is 0.0750. The van der Waals surface area contributed by atoms with E-state index in [0.717, 1.165) is 55.7 Å². The molecule has 1 aromatic rings. The Labute approximate surface area is 132 Å². The molecule has 21 heavy (non-hydrogen) atoms. The highest BCUT2D eigenvalue weighted by molar-refractivity contribution is 6.31. The van der Waals surface area contributed by atoms with E-state index in [0.29, 0.717) is 0 Å². The summed E-state index contributed by atoms with van der Waals surface area (Å²) < 4.78 is 1.99. The molecule has 1 aliphatic heterocycles. The lowest BCUT2D eigenvalue weighted by Crippen LogP contribution is -2.53. The van der Waals surface area contributed by atoms with Crippen LogP contribution in [0.3, 0.4) is 0 Å². The quantitative estimate of drug-likeness (QED) is 0.856. The minimum absolute atomic E-state index is 0.383. The molecule has 0 bridgehead atoms. The number of rotatable bonds is 4. The van der Waals surface area contributed by atoms with Crippen LogP contribution in [0.5, 0.6) is 0 Å². The van der Waals surface area contributed by atoms with Crippen molar-refractivity contribution in [1.82, 2.24) is 19.6 Å². The fraction of sp³-hybridized carbons (Fsp3) is 0.733. The lowest BCUT2D eigenvalue weighted by atomic mass is 10.0. The summed E-state index contributed by atoms with van der Waals surface area (Å²) in [4.78, 5) is 4.63. The Kier molecular flexibility index (Phi) is 4.92. The molecular weight excluding hydrogens is 286 g/mol. The second-order valence-electron chi connectivity index (χ2n) is 6.10. The Bertz CT molecular complexity index is 535. The first-order valence-corrected chi connectivity index (χ1v) is 7.87. The molecule has 1 saturated heterocycles. The Balaban J connectivity index is 2.00. The molecule has 0 aromatic carbocycles. The van der Waals surface area contributed by atoms with Gasteiger partial charge in [-0.3, -0.25) is 14.5 Å². The minimum atomic E-state index is -0.383. The average molecular weight is 310 g/mol. The maximum absolute atomic E-state index is 9.22. The molecule has 0 radical (unpaired) electrons. The van der Waals surface area contributed by atoms with Crippen molar-refractivity contribution in [2.24, 2.45) is 0 Å². The maximum atomic E-state index is 9.22. The lowest BCUT2D eigenvalue weighted by Gasteiger charge is -2.40. The van der Waals surface area contributed by atoms with Gasteiger partial charge in [0.1, 0.15) is 5.54 Å². The Hall–Kier alpha value is -1.09. The monoisotopic (exact) mass is 309 g/mol. The number of hydrogen-bond donors (Lipinski definition) is 0. The molecule has 1 fully saturated rings. The highest BCUT2D eigenvalue weighted by Gasteiger charge is 2.30. The fourth-order valence-corrected chi connectivity index (χ4v) is 2.96. The number of aryl methyl sites for hydroxylation is 2. The summed E-state index contributed by atoms with van der Waals surface area (Å²) in [6, 6.07) is 2.38. The van der Waals surface area contributed by atoms with E-state index in [9.17, 15) is 5.26 Å². The molecule has 0 aliphatic carbocycles. The van der Waals surface area contributed by atoms with Crippen molar-refractivity contribution in [3.05, 3.63) is 16.4 Å². The van der Waals surface area contributed by atoms with E-state index in [1.807, 2.05) is 25.5 Å². The second kappa shape index (κ2) is 6.35. The molecule has 1 aliphatic rings. The first-order valence-electron chi connectivity index (χ1n) is 7.49. The van der Waals surface area contributed by atoms with Crippen LogP contribution in [0.15, 0.2) is 0 Å². The zero-order valence-electron chi connectivity index (χ0n) is 13.4. The summed E-state index contributed by atoms with van der Waals surface area (Å²) in [6.07, 6.45) is 0. The molecular formula is C15H24ClN5. The van der Waals surface area contributed by atoms with Crippen LogP contribution in [0, 0.1) is 18.3 Å². The molecule has 0 atom stereocenters. The van der Waals surface area contributed by atoms with Gasteiger partial charge in [-0.25, -0.2) is 0 Å². The van der Waals surface area contributed by atoms with E-state index in [4.69, 9.17) is 11.6 Å². The van der Waals surface area contributed by atoms with Gasteiger partial charge in [0, 0.05) is 39.3 Å². The molecule has 1 aromatic heterocycles. The Morgan fingerprint density at radius 2 is 1.90 bits per heavy atom. The molecule has 0 saturated carbocycles. The van der Waals surface area contributed by atoms with E-state index in [-0.39, 0.29) is 5.54 Å². The highest BCUT2D eigenvalue weighted by Crippen LogP contribution is 2.23. The first-order chi connectivity index (χ1) is 9.89. The van der Waals surface area contributed by atoms with Crippen LogP contribution in [0.2, 0.25) is 5.02 Å². The van der Waals surface area contributed by atoms with Gasteiger partial charge in [0.15, 0.2) is 0 Å². The normalized spacial score (nSPS) is 17.9. The van der Waals surface area contributed by atoms with Crippen molar-refractivity contribution in [2.75, 3.05) is 26.2 Å². The Morgan fingerprint density at radius 3 is 2.43 bits per heavy atom. The number of aromatic nitrogens is 2. The zero-order valence-corrected chi connectivity index (χ0v) is 14.1. The third kappa shape index (κ3) is 3.39. The number of nitrogens with zero attached hydrogens (tertiary/aromatic N) is 5. The SMILES string of the molecule is CCn1nc(C)c(Cl)c1CN1CCN(C(C)(C)C#N)CC1. The predicted octanol–water partition coefficient (Wildman–Crippen LogP) is 2.28. The highest BCUT2D eigenvalue weighted by atomic mass is 35.5. The number of halogens is 1. The molecule has 0 unspecified atom stereocenters. The summed E-state index contributed by atoms with van der Waals surface area (Å²) in [5.74, 6) is 0. The third-order valence-corrected chi connectivity index (χ3v) is 4.75. The van der Waals surface area contributed by atoms with E-state index in [1.165, 1.54) is 0 Å². The minimum Gasteiger partial charge on any atom is -0.295 e. The van der Waals surface area contributed by atoms with Crippen LogP contribution < -0.4 is 0 Å². The molecule has 0 spiro atoms. The van der Waals surface area contributed by atoms with Crippen molar-refractivity contribution in [1.29, 1.82) is 5.26 Å². The van der Waals surface area contributed by atoms with E-state index in [1.54, 1.807) is 0 Å². The van der Waals surface area contributed by atoms with Crippen molar-refractivity contribution in [3.8, 4) is 6.07 Å². The zero-order chi connectivity index (χ0) is 15.6. The Morgan fingerprint density at radius 1 is 1.29 bits per heavy atom. The summed E-state index contributed by atoms with van der Waals surface area (Å²) in [5.41, 5.74) is 1.62. The van der Waals surface area contributed by atoms with Gasteiger partial charge in [-0.15, -0.1) is 0 Å². The predicted molar refractivity (Wildman–Crippen MR) is 84.2 cm³/mol. The second-order valence-corrected chi connectivity index (χ2v) is 6.47. The molecule has 116 valence electrons.